The molecule has 0 aromatic carbocycles. The maximum Gasteiger partial charge on any atom is 0.180 e. The zero-order valence-electron chi connectivity index (χ0n) is 8.00. The lowest BCUT2D eigenvalue weighted by Gasteiger charge is -2.17. The van der Waals surface area contributed by atoms with Gasteiger partial charge in [0.25, 0.3) is 0 Å². The van der Waals surface area contributed by atoms with E-state index in [4.69, 9.17) is 0 Å². The maximum atomic E-state index is 4.27. The number of H-pyrrole nitrogens is 1. The quantitative estimate of drug-likeness (QED) is 0.664. The zero-order valence-corrected chi connectivity index (χ0v) is 8.00. The van der Waals surface area contributed by atoms with E-state index in [1.807, 2.05) is 0 Å². The average Bonchev–Trinajstić information content (AvgIpc) is 2.48. The van der Waals surface area contributed by atoms with E-state index >= 15 is 0 Å². The van der Waals surface area contributed by atoms with E-state index in [0.29, 0.717) is 0 Å². The Labute approximate surface area is 76.4 Å². The molecule has 1 N–H and O–H groups in total. The van der Waals surface area contributed by atoms with E-state index in [-0.39, 0.29) is 5.41 Å². The molecule has 2 heterocycles. The van der Waals surface area contributed by atoms with Gasteiger partial charge < -0.3 is 4.98 Å². The molecule has 68 valence electrons. The van der Waals surface area contributed by atoms with Crippen molar-refractivity contribution in [3.8, 4) is 0 Å². The largest absolute Gasteiger partial charge is 0.342 e. The first-order valence-electron chi connectivity index (χ1n) is 4.23. The summed E-state index contributed by atoms with van der Waals surface area (Å²) in [4.78, 5) is 15.5. The van der Waals surface area contributed by atoms with Gasteiger partial charge in [0, 0.05) is 5.41 Å². The molecule has 0 saturated heterocycles. The summed E-state index contributed by atoms with van der Waals surface area (Å²) in [5.41, 5.74) is 2.71. The average molecular weight is 176 g/mol. The van der Waals surface area contributed by atoms with Crippen LogP contribution in [0.2, 0.25) is 0 Å². The molecule has 0 aliphatic carbocycles. The molecule has 0 atom stereocenters. The predicted octanol–water partition coefficient (Wildman–Crippen LogP) is 1.65. The molecular formula is C9H12N4. The zero-order chi connectivity index (χ0) is 9.47. The molecule has 0 unspecified atom stereocenters. The lowest BCUT2D eigenvalue weighted by atomic mass is 9.91. The Balaban J connectivity index is 2.75. The van der Waals surface area contributed by atoms with Crippen LogP contribution >= 0.6 is 0 Å². The van der Waals surface area contributed by atoms with Gasteiger partial charge in [-0.15, -0.1) is 0 Å². The number of fused-ring (bicyclic) bond motifs is 1. The molecule has 0 aliphatic rings. The van der Waals surface area contributed by atoms with E-state index < -0.39 is 0 Å². The molecule has 0 bridgehead atoms. The van der Waals surface area contributed by atoms with Gasteiger partial charge in [0.05, 0.1) is 12.0 Å². The summed E-state index contributed by atoms with van der Waals surface area (Å²) in [5.74, 6) is 0. The van der Waals surface area contributed by atoms with Crippen LogP contribution in [0.4, 0.5) is 0 Å². The van der Waals surface area contributed by atoms with Crippen molar-refractivity contribution in [2.45, 2.75) is 26.2 Å². The second-order valence-corrected chi connectivity index (χ2v) is 4.07. The van der Waals surface area contributed by atoms with Gasteiger partial charge >= 0.3 is 0 Å². The van der Waals surface area contributed by atoms with Crippen molar-refractivity contribution in [3.63, 3.8) is 0 Å². The normalized spacial score (nSPS) is 12.2. The standard InChI is InChI=1S/C9H12N4/c1-9(2,3)7-6-8(12-4-10-6)13-5-11-7/h4-5H,1-3H3,(H,10,11,12,13). The molecule has 2 aromatic rings. The summed E-state index contributed by atoms with van der Waals surface area (Å²) < 4.78 is 0. The summed E-state index contributed by atoms with van der Waals surface area (Å²) in [6.45, 7) is 6.36. The topological polar surface area (TPSA) is 54.5 Å². The van der Waals surface area contributed by atoms with E-state index in [2.05, 4.69) is 40.7 Å². The van der Waals surface area contributed by atoms with Gasteiger partial charge in [-0.2, -0.15) is 0 Å². The minimum atomic E-state index is 0.0216. The molecule has 0 saturated carbocycles. The van der Waals surface area contributed by atoms with Crippen LogP contribution in [0.15, 0.2) is 12.7 Å². The highest BCUT2D eigenvalue weighted by atomic mass is 15.0. The summed E-state index contributed by atoms with van der Waals surface area (Å²) >= 11 is 0. The van der Waals surface area contributed by atoms with Gasteiger partial charge in [-0.3, -0.25) is 0 Å². The Kier molecular flexibility index (Phi) is 1.58. The molecule has 0 radical (unpaired) electrons. The van der Waals surface area contributed by atoms with Gasteiger partial charge in [0.1, 0.15) is 11.8 Å². The predicted molar refractivity (Wildman–Crippen MR) is 50.4 cm³/mol. The van der Waals surface area contributed by atoms with Crippen molar-refractivity contribution in [2.75, 3.05) is 0 Å². The first-order chi connectivity index (χ1) is 6.09. The number of hydrogen-bond acceptors (Lipinski definition) is 3. The lowest BCUT2D eigenvalue weighted by molar-refractivity contribution is 0.573. The van der Waals surface area contributed by atoms with Crippen LogP contribution in [-0.4, -0.2) is 19.9 Å². The monoisotopic (exact) mass is 176 g/mol. The first kappa shape index (κ1) is 8.16. The van der Waals surface area contributed by atoms with Gasteiger partial charge in [-0.25, -0.2) is 15.0 Å². The second kappa shape index (κ2) is 2.52. The summed E-state index contributed by atoms with van der Waals surface area (Å²) in [5, 5.41) is 0. The number of nitrogens with one attached hydrogen (secondary N) is 1. The molecule has 2 aromatic heterocycles. The van der Waals surface area contributed by atoms with Crippen LogP contribution in [0.1, 0.15) is 26.5 Å². The summed E-state index contributed by atoms with van der Waals surface area (Å²) in [7, 11) is 0. The molecule has 2 rings (SSSR count). The number of nitrogens with zero attached hydrogens (tertiary/aromatic N) is 3. The number of aromatic nitrogens is 4. The molecule has 4 heteroatoms. The number of aromatic amines is 1. The van der Waals surface area contributed by atoms with Gasteiger partial charge in [-0.1, -0.05) is 20.8 Å². The van der Waals surface area contributed by atoms with Crippen LogP contribution in [0.25, 0.3) is 11.2 Å². The Morgan fingerprint density at radius 2 is 1.92 bits per heavy atom. The minimum Gasteiger partial charge on any atom is -0.342 e. The smallest absolute Gasteiger partial charge is 0.180 e. The molecule has 4 nitrogen and oxygen atoms in total. The van der Waals surface area contributed by atoms with Crippen molar-refractivity contribution in [2.24, 2.45) is 0 Å². The first-order valence-corrected chi connectivity index (χ1v) is 4.23. The molecule has 0 amide bonds. The minimum absolute atomic E-state index is 0.0216. The Morgan fingerprint density at radius 1 is 1.15 bits per heavy atom. The van der Waals surface area contributed by atoms with Gasteiger partial charge in [0.15, 0.2) is 5.65 Å². The van der Waals surface area contributed by atoms with E-state index in [9.17, 15) is 0 Å². The molecule has 0 aliphatic heterocycles. The highest BCUT2D eigenvalue weighted by molar-refractivity contribution is 5.73. The Hall–Kier alpha value is -1.45. The van der Waals surface area contributed by atoms with Crippen LogP contribution in [-0.2, 0) is 5.41 Å². The van der Waals surface area contributed by atoms with Crippen molar-refractivity contribution in [3.05, 3.63) is 18.3 Å². The summed E-state index contributed by atoms with van der Waals surface area (Å²) in [6, 6.07) is 0. The van der Waals surface area contributed by atoms with Crippen LogP contribution in [0.3, 0.4) is 0 Å². The highest BCUT2D eigenvalue weighted by Gasteiger charge is 2.19. The van der Waals surface area contributed by atoms with Gasteiger partial charge in [-0.05, 0) is 0 Å². The fourth-order valence-corrected chi connectivity index (χ4v) is 1.33. The van der Waals surface area contributed by atoms with E-state index in [0.717, 1.165) is 16.9 Å². The molecule has 0 spiro atoms. The molecule has 0 fully saturated rings. The van der Waals surface area contributed by atoms with Crippen molar-refractivity contribution >= 4 is 11.2 Å². The molecular weight excluding hydrogens is 164 g/mol. The van der Waals surface area contributed by atoms with Crippen molar-refractivity contribution in [1.29, 1.82) is 0 Å². The van der Waals surface area contributed by atoms with Crippen LogP contribution in [0.5, 0.6) is 0 Å². The number of imidazole rings is 1. The Morgan fingerprint density at radius 3 is 2.62 bits per heavy atom. The molecule has 13 heavy (non-hydrogen) atoms. The van der Waals surface area contributed by atoms with Crippen molar-refractivity contribution < 1.29 is 0 Å². The van der Waals surface area contributed by atoms with Gasteiger partial charge in [0.2, 0.25) is 0 Å². The van der Waals surface area contributed by atoms with E-state index in [1.165, 1.54) is 0 Å². The third-order valence-electron chi connectivity index (χ3n) is 1.93. The second-order valence-electron chi connectivity index (χ2n) is 4.07. The maximum absolute atomic E-state index is 4.27. The highest BCUT2D eigenvalue weighted by Crippen LogP contribution is 2.24. The third-order valence-corrected chi connectivity index (χ3v) is 1.93. The number of rotatable bonds is 0. The lowest BCUT2D eigenvalue weighted by Crippen LogP contribution is -2.14. The fraction of sp³-hybridized carbons (Fsp3) is 0.444. The number of hydrogen-bond donors (Lipinski definition) is 1. The van der Waals surface area contributed by atoms with Crippen LogP contribution < -0.4 is 0 Å². The summed E-state index contributed by atoms with van der Waals surface area (Å²) in [6.07, 6.45) is 3.21. The third kappa shape index (κ3) is 1.28. The van der Waals surface area contributed by atoms with Crippen molar-refractivity contribution in [1.82, 2.24) is 19.9 Å². The Bertz CT molecular complexity index is 424. The van der Waals surface area contributed by atoms with Crippen LogP contribution in [0, 0.1) is 0 Å². The van der Waals surface area contributed by atoms with E-state index in [1.54, 1.807) is 12.7 Å². The fourth-order valence-electron chi connectivity index (χ4n) is 1.33. The SMILES string of the molecule is CC(C)(C)c1ncnc2nc[nH]c12.